The third kappa shape index (κ3) is 2.26. The van der Waals surface area contributed by atoms with E-state index in [9.17, 15) is 12.8 Å². The van der Waals surface area contributed by atoms with Crippen LogP contribution in [0.5, 0.6) is 0 Å². The van der Waals surface area contributed by atoms with Crippen LogP contribution in [-0.4, -0.2) is 13.0 Å². The van der Waals surface area contributed by atoms with E-state index in [0.29, 0.717) is 12.1 Å². The Labute approximate surface area is 105 Å². The van der Waals surface area contributed by atoms with Gasteiger partial charge in [-0.25, -0.2) is 17.9 Å². The van der Waals surface area contributed by atoms with Crippen molar-refractivity contribution in [3.8, 4) is 0 Å². The molecule has 6 heteroatoms. The number of primary sulfonamides is 1. The van der Waals surface area contributed by atoms with Gasteiger partial charge in [0.2, 0.25) is 10.0 Å². The maximum absolute atomic E-state index is 13.8. The Kier molecular flexibility index (Phi) is 3.41. The molecule has 1 aromatic heterocycles. The van der Waals surface area contributed by atoms with Crippen LogP contribution in [0.15, 0.2) is 29.3 Å². The minimum atomic E-state index is -3.92. The minimum Gasteiger partial charge on any atom is -0.346 e. The quantitative estimate of drug-likeness (QED) is 0.925. The fourth-order valence-electron chi connectivity index (χ4n) is 2.00. The second-order valence-corrected chi connectivity index (χ2v) is 5.75. The molecule has 1 aromatic carbocycles. The maximum Gasteiger partial charge on any atom is 0.240 e. The predicted molar refractivity (Wildman–Crippen MR) is 68.2 cm³/mol. The Balaban J connectivity index is 2.72. The van der Waals surface area contributed by atoms with Gasteiger partial charge in [0.15, 0.2) is 0 Å². The molecule has 18 heavy (non-hydrogen) atoms. The van der Waals surface area contributed by atoms with Crippen LogP contribution in [0.1, 0.15) is 19.8 Å². The number of sulfonamides is 1. The first kappa shape index (κ1) is 13.0. The number of aryl methyl sites for hydroxylation is 1. The van der Waals surface area contributed by atoms with Gasteiger partial charge in [-0.2, -0.15) is 0 Å². The molecule has 2 aromatic rings. The Morgan fingerprint density at radius 3 is 2.72 bits per heavy atom. The molecule has 0 atom stereocenters. The summed E-state index contributed by atoms with van der Waals surface area (Å²) in [5.41, 5.74) is 0.562. The number of benzene rings is 1. The smallest absolute Gasteiger partial charge is 0.240 e. The van der Waals surface area contributed by atoms with Gasteiger partial charge in [0, 0.05) is 12.7 Å². The molecule has 0 fully saturated rings. The first-order chi connectivity index (χ1) is 8.45. The Morgan fingerprint density at radius 1 is 1.39 bits per heavy atom. The lowest BCUT2D eigenvalue weighted by atomic mass is 10.2. The molecule has 0 spiro atoms. The van der Waals surface area contributed by atoms with E-state index in [2.05, 4.69) is 0 Å². The SMILES string of the molecule is CCCCn1cc(S(N)(=O)=O)c2c(F)cccc21. The maximum atomic E-state index is 13.8. The summed E-state index contributed by atoms with van der Waals surface area (Å²) in [6.07, 6.45) is 3.28. The van der Waals surface area contributed by atoms with E-state index < -0.39 is 15.8 Å². The van der Waals surface area contributed by atoms with E-state index in [1.807, 2.05) is 6.92 Å². The minimum absolute atomic E-state index is 0.0797. The summed E-state index contributed by atoms with van der Waals surface area (Å²) >= 11 is 0. The van der Waals surface area contributed by atoms with Crippen molar-refractivity contribution in [1.82, 2.24) is 4.57 Å². The highest BCUT2D eigenvalue weighted by molar-refractivity contribution is 7.89. The van der Waals surface area contributed by atoms with Crippen molar-refractivity contribution < 1.29 is 12.8 Å². The molecule has 2 N–H and O–H groups in total. The zero-order valence-corrected chi connectivity index (χ0v) is 10.9. The van der Waals surface area contributed by atoms with Gasteiger partial charge in [-0.15, -0.1) is 0 Å². The molecule has 0 saturated heterocycles. The standard InChI is InChI=1S/C12H15FN2O2S/c1-2-3-7-15-8-11(18(14,16)17)12-9(13)5-4-6-10(12)15/h4-6,8H,2-3,7H2,1H3,(H2,14,16,17). The van der Waals surface area contributed by atoms with Gasteiger partial charge in [0.05, 0.1) is 10.9 Å². The van der Waals surface area contributed by atoms with Crippen LogP contribution in [0, 0.1) is 5.82 Å². The van der Waals surface area contributed by atoms with Crippen molar-refractivity contribution in [3.63, 3.8) is 0 Å². The molecular formula is C12H15FN2O2S. The summed E-state index contributed by atoms with van der Waals surface area (Å²) in [5, 5.41) is 5.21. The Morgan fingerprint density at radius 2 is 2.11 bits per heavy atom. The topological polar surface area (TPSA) is 65.1 Å². The number of halogens is 1. The Bertz CT molecular complexity index is 677. The molecule has 4 nitrogen and oxygen atoms in total. The molecule has 0 aliphatic heterocycles. The van der Waals surface area contributed by atoms with Crippen LogP contribution >= 0.6 is 0 Å². The Hall–Kier alpha value is -1.40. The summed E-state index contributed by atoms with van der Waals surface area (Å²) in [4.78, 5) is -0.147. The van der Waals surface area contributed by atoms with Crippen LogP contribution in [-0.2, 0) is 16.6 Å². The number of rotatable bonds is 4. The van der Waals surface area contributed by atoms with E-state index >= 15 is 0 Å². The average molecular weight is 270 g/mol. The summed E-state index contributed by atoms with van der Waals surface area (Å²) in [6.45, 7) is 2.68. The van der Waals surface area contributed by atoms with Crippen LogP contribution in [0.2, 0.25) is 0 Å². The molecule has 0 aliphatic carbocycles. The van der Waals surface area contributed by atoms with Gasteiger partial charge in [-0.1, -0.05) is 19.4 Å². The van der Waals surface area contributed by atoms with Gasteiger partial charge in [0.1, 0.15) is 10.7 Å². The summed E-state index contributed by atoms with van der Waals surface area (Å²) < 4.78 is 38.5. The molecule has 0 radical (unpaired) electrons. The van der Waals surface area contributed by atoms with Crippen LogP contribution in [0.4, 0.5) is 4.39 Å². The second-order valence-electron chi connectivity index (χ2n) is 4.22. The number of hydrogen-bond acceptors (Lipinski definition) is 2. The third-order valence-corrected chi connectivity index (χ3v) is 3.80. The molecule has 0 unspecified atom stereocenters. The van der Waals surface area contributed by atoms with Crippen molar-refractivity contribution in [1.29, 1.82) is 0 Å². The van der Waals surface area contributed by atoms with Gasteiger partial charge in [0.25, 0.3) is 0 Å². The summed E-state index contributed by atoms with van der Waals surface area (Å²) in [7, 11) is -3.92. The van der Waals surface area contributed by atoms with E-state index in [0.717, 1.165) is 12.8 Å². The van der Waals surface area contributed by atoms with E-state index in [4.69, 9.17) is 5.14 Å². The fraction of sp³-hybridized carbons (Fsp3) is 0.333. The monoisotopic (exact) mass is 270 g/mol. The summed E-state index contributed by atoms with van der Waals surface area (Å²) in [5.74, 6) is -0.563. The third-order valence-electron chi connectivity index (χ3n) is 2.88. The molecule has 2 rings (SSSR count). The lowest BCUT2D eigenvalue weighted by molar-refractivity contribution is 0.595. The van der Waals surface area contributed by atoms with E-state index in [1.54, 1.807) is 16.7 Å². The van der Waals surface area contributed by atoms with Crippen LogP contribution in [0.25, 0.3) is 10.9 Å². The first-order valence-corrected chi connectivity index (χ1v) is 7.30. The van der Waals surface area contributed by atoms with Crippen LogP contribution < -0.4 is 5.14 Å². The average Bonchev–Trinajstić information content (AvgIpc) is 2.66. The molecule has 0 saturated carbocycles. The molecular weight excluding hydrogens is 255 g/mol. The van der Waals surface area contributed by atoms with Gasteiger partial charge in [-0.05, 0) is 18.6 Å². The highest BCUT2D eigenvalue weighted by Crippen LogP contribution is 2.27. The lowest BCUT2D eigenvalue weighted by Gasteiger charge is -2.03. The molecule has 1 heterocycles. The van der Waals surface area contributed by atoms with Crippen LogP contribution in [0.3, 0.4) is 0 Å². The number of fused-ring (bicyclic) bond motifs is 1. The predicted octanol–water partition coefficient (Wildman–Crippen LogP) is 2.23. The number of nitrogens with zero attached hydrogens (tertiary/aromatic N) is 1. The molecule has 0 bridgehead atoms. The molecule has 98 valence electrons. The first-order valence-electron chi connectivity index (χ1n) is 5.75. The van der Waals surface area contributed by atoms with Crippen molar-refractivity contribution >= 4 is 20.9 Å². The van der Waals surface area contributed by atoms with Crippen molar-refractivity contribution in [2.24, 2.45) is 5.14 Å². The second kappa shape index (κ2) is 4.70. The fourth-order valence-corrected chi connectivity index (χ4v) is 2.76. The lowest BCUT2D eigenvalue weighted by Crippen LogP contribution is -2.12. The number of hydrogen-bond donors (Lipinski definition) is 1. The highest BCUT2D eigenvalue weighted by Gasteiger charge is 2.19. The normalized spacial score (nSPS) is 12.2. The van der Waals surface area contributed by atoms with Gasteiger partial charge >= 0.3 is 0 Å². The van der Waals surface area contributed by atoms with Crippen molar-refractivity contribution in [3.05, 3.63) is 30.2 Å². The number of aromatic nitrogens is 1. The number of unbranched alkanes of at least 4 members (excludes halogenated alkanes) is 1. The zero-order valence-electron chi connectivity index (χ0n) is 10.1. The zero-order chi connectivity index (χ0) is 13.3. The van der Waals surface area contributed by atoms with Crippen molar-refractivity contribution in [2.75, 3.05) is 0 Å². The largest absolute Gasteiger partial charge is 0.346 e. The number of nitrogens with two attached hydrogens (primary N) is 1. The van der Waals surface area contributed by atoms with E-state index in [1.165, 1.54) is 12.3 Å². The highest BCUT2D eigenvalue weighted by atomic mass is 32.2. The molecule has 0 aliphatic rings. The van der Waals surface area contributed by atoms with Gasteiger partial charge in [-0.3, -0.25) is 0 Å². The van der Waals surface area contributed by atoms with E-state index in [-0.39, 0.29) is 10.3 Å². The summed E-state index contributed by atoms with van der Waals surface area (Å²) in [6, 6.07) is 4.50. The van der Waals surface area contributed by atoms with Crippen molar-refractivity contribution in [2.45, 2.75) is 31.2 Å². The molecule has 0 amide bonds. The van der Waals surface area contributed by atoms with Gasteiger partial charge < -0.3 is 4.57 Å².